The van der Waals surface area contributed by atoms with Crippen LogP contribution in [-0.4, -0.2) is 27.1 Å². The SMILES string of the molecule is Cn1cncc1CNC1CCSCC1. The molecule has 0 unspecified atom stereocenters. The Kier molecular flexibility index (Phi) is 3.48. The summed E-state index contributed by atoms with van der Waals surface area (Å²) >= 11 is 2.07. The minimum atomic E-state index is 0.714. The third-order valence-electron chi connectivity index (χ3n) is 2.71. The molecule has 0 radical (unpaired) electrons. The molecule has 1 aromatic heterocycles. The van der Waals surface area contributed by atoms with Gasteiger partial charge in [0.1, 0.15) is 0 Å². The van der Waals surface area contributed by atoms with Crippen LogP contribution in [0.25, 0.3) is 0 Å². The maximum atomic E-state index is 4.10. The number of nitrogens with zero attached hydrogens (tertiary/aromatic N) is 2. The molecule has 0 saturated carbocycles. The lowest BCUT2D eigenvalue weighted by atomic mass is 10.1. The van der Waals surface area contributed by atoms with E-state index in [1.165, 1.54) is 30.0 Å². The van der Waals surface area contributed by atoms with Crippen molar-refractivity contribution in [1.29, 1.82) is 0 Å². The molecule has 1 aromatic rings. The number of nitrogens with one attached hydrogen (secondary N) is 1. The zero-order valence-corrected chi connectivity index (χ0v) is 9.39. The van der Waals surface area contributed by atoms with Crippen LogP contribution in [0.2, 0.25) is 0 Å². The van der Waals surface area contributed by atoms with E-state index in [1.54, 1.807) is 0 Å². The number of aryl methyl sites for hydroxylation is 1. The fourth-order valence-corrected chi connectivity index (χ4v) is 2.81. The molecule has 0 bridgehead atoms. The van der Waals surface area contributed by atoms with Gasteiger partial charge in [0.05, 0.1) is 12.0 Å². The van der Waals surface area contributed by atoms with Gasteiger partial charge in [-0.15, -0.1) is 0 Å². The smallest absolute Gasteiger partial charge is 0.0945 e. The maximum Gasteiger partial charge on any atom is 0.0945 e. The van der Waals surface area contributed by atoms with Crippen LogP contribution in [0.1, 0.15) is 18.5 Å². The monoisotopic (exact) mass is 211 g/mol. The van der Waals surface area contributed by atoms with Crippen LogP contribution in [0.5, 0.6) is 0 Å². The average molecular weight is 211 g/mol. The lowest BCUT2D eigenvalue weighted by Gasteiger charge is -2.22. The number of hydrogen-bond acceptors (Lipinski definition) is 3. The van der Waals surface area contributed by atoms with Gasteiger partial charge in [-0.1, -0.05) is 0 Å². The maximum absolute atomic E-state index is 4.10. The predicted octanol–water partition coefficient (Wildman–Crippen LogP) is 1.41. The minimum Gasteiger partial charge on any atom is -0.337 e. The zero-order chi connectivity index (χ0) is 9.80. The molecule has 1 fully saturated rings. The fourth-order valence-electron chi connectivity index (χ4n) is 1.71. The largest absolute Gasteiger partial charge is 0.337 e. The molecule has 0 spiro atoms. The summed E-state index contributed by atoms with van der Waals surface area (Å²) in [6.45, 7) is 0.950. The molecule has 0 amide bonds. The Morgan fingerprint density at radius 3 is 3.00 bits per heavy atom. The standard InChI is InChI=1S/C10H17N3S/c1-13-8-11-6-10(13)7-12-9-2-4-14-5-3-9/h6,8-9,12H,2-5,7H2,1H3. The molecule has 1 aliphatic heterocycles. The average Bonchev–Trinajstić information content (AvgIpc) is 2.63. The lowest BCUT2D eigenvalue weighted by molar-refractivity contribution is 0.474. The van der Waals surface area contributed by atoms with Crippen LogP contribution in [0.15, 0.2) is 12.5 Å². The molecule has 0 aliphatic carbocycles. The van der Waals surface area contributed by atoms with E-state index in [-0.39, 0.29) is 0 Å². The molecule has 1 N–H and O–H groups in total. The van der Waals surface area contributed by atoms with Crippen LogP contribution >= 0.6 is 11.8 Å². The van der Waals surface area contributed by atoms with E-state index in [0.717, 1.165) is 6.54 Å². The Hall–Kier alpha value is -0.480. The van der Waals surface area contributed by atoms with Gasteiger partial charge in [0, 0.05) is 25.8 Å². The van der Waals surface area contributed by atoms with E-state index in [0.29, 0.717) is 6.04 Å². The van der Waals surface area contributed by atoms with E-state index in [4.69, 9.17) is 0 Å². The molecular formula is C10H17N3S. The predicted molar refractivity (Wildman–Crippen MR) is 60.4 cm³/mol. The summed E-state index contributed by atoms with van der Waals surface area (Å²) in [4.78, 5) is 4.10. The summed E-state index contributed by atoms with van der Waals surface area (Å²) in [5.74, 6) is 2.62. The highest BCUT2D eigenvalue weighted by atomic mass is 32.2. The van der Waals surface area contributed by atoms with Crippen molar-refractivity contribution < 1.29 is 0 Å². The quantitative estimate of drug-likeness (QED) is 0.820. The number of rotatable bonds is 3. The van der Waals surface area contributed by atoms with Gasteiger partial charge in [-0.3, -0.25) is 0 Å². The van der Waals surface area contributed by atoms with Gasteiger partial charge in [0.15, 0.2) is 0 Å². The highest BCUT2D eigenvalue weighted by Crippen LogP contribution is 2.17. The second-order valence-corrected chi connectivity index (χ2v) is 4.99. The highest BCUT2D eigenvalue weighted by Gasteiger charge is 2.12. The van der Waals surface area contributed by atoms with Crippen molar-refractivity contribution >= 4 is 11.8 Å². The van der Waals surface area contributed by atoms with Gasteiger partial charge in [-0.05, 0) is 24.3 Å². The van der Waals surface area contributed by atoms with Crippen molar-refractivity contribution in [3.05, 3.63) is 18.2 Å². The van der Waals surface area contributed by atoms with E-state index in [2.05, 4.69) is 26.6 Å². The summed E-state index contributed by atoms with van der Waals surface area (Å²) in [7, 11) is 2.04. The first-order valence-corrected chi connectivity index (χ1v) is 6.28. The third kappa shape index (κ3) is 2.51. The molecule has 3 nitrogen and oxygen atoms in total. The van der Waals surface area contributed by atoms with E-state index in [9.17, 15) is 0 Å². The fraction of sp³-hybridized carbons (Fsp3) is 0.700. The molecular weight excluding hydrogens is 194 g/mol. The summed E-state index contributed by atoms with van der Waals surface area (Å²) in [5, 5.41) is 3.59. The first kappa shape index (κ1) is 10.1. The zero-order valence-electron chi connectivity index (χ0n) is 8.57. The van der Waals surface area contributed by atoms with Crippen LogP contribution in [0, 0.1) is 0 Å². The van der Waals surface area contributed by atoms with Crippen molar-refractivity contribution in [3.63, 3.8) is 0 Å². The number of imidazole rings is 1. The molecule has 0 aromatic carbocycles. The van der Waals surface area contributed by atoms with Gasteiger partial charge in [0.2, 0.25) is 0 Å². The first-order valence-electron chi connectivity index (χ1n) is 5.12. The molecule has 2 heterocycles. The normalized spacial score (nSPS) is 18.6. The van der Waals surface area contributed by atoms with Gasteiger partial charge < -0.3 is 9.88 Å². The topological polar surface area (TPSA) is 29.9 Å². The Balaban J connectivity index is 1.79. The van der Waals surface area contributed by atoms with Crippen molar-refractivity contribution in [2.75, 3.05) is 11.5 Å². The number of hydrogen-bond donors (Lipinski definition) is 1. The lowest BCUT2D eigenvalue weighted by Crippen LogP contribution is -2.32. The van der Waals surface area contributed by atoms with E-state index >= 15 is 0 Å². The summed E-state index contributed by atoms with van der Waals surface area (Å²) in [6, 6.07) is 0.714. The van der Waals surface area contributed by atoms with Crippen molar-refractivity contribution in [1.82, 2.24) is 14.9 Å². The highest BCUT2D eigenvalue weighted by molar-refractivity contribution is 7.99. The number of thioether (sulfide) groups is 1. The van der Waals surface area contributed by atoms with Gasteiger partial charge in [0.25, 0.3) is 0 Å². The molecule has 0 atom stereocenters. The summed E-state index contributed by atoms with van der Waals surface area (Å²) in [5.41, 5.74) is 1.27. The van der Waals surface area contributed by atoms with E-state index in [1.807, 2.05) is 19.6 Å². The molecule has 14 heavy (non-hydrogen) atoms. The summed E-state index contributed by atoms with van der Waals surface area (Å²) < 4.78 is 2.07. The Morgan fingerprint density at radius 2 is 2.36 bits per heavy atom. The molecule has 78 valence electrons. The van der Waals surface area contributed by atoms with Crippen LogP contribution in [-0.2, 0) is 13.6 Å². The van der Waals surface area contributed by atoms with Gasteiger partial charge in [-0.2, -0.15) is 11.8 Å². The van der Waals surface area contributed by atoms with Crippen LogP contribution in [0.3, 0.4) is 0 Å². The van der Waals surface area contributed by atoms with Crippen molar-refractivity contribution in [2.24, 2.45) is 7.05 Å². The Morgan fingerprint density at radius 1 is 1.57 bits per heavy atom. The van der Waals surface area contributed by atoms with Crippen molar-refractivity contribution in [3.8, 4) is 0 Å². The third-order valence-corrected chi connectivity index (χ3v) is 3.76. The Bertz CT molecular complexity index is 279. The minimum absolute atomic E-state index is 0.714. The second kappa shape index (κ2) is 4.84. The van der Waals surface area contributed by atoms with Crippen LogP contribution in [0.4, 0.5) is 0 Å². The van der Waals surface area contributed by atoms with Gasteiger partial charge >= 0.3 is 0 Å². The molecule has 2 rings (SSSR count). The first-order chi connectivity index (χ1) is 6.86. The molecule has 4 heteroatoms. The van der Waals surface area contributed by atoms with Crippen LogP contribution < -0.4 is 5.32 Å². The molecule has 1 aliphatic rings. The van der Waals surface area contributed by atoms with Gasteiger partial charge in [-0.25, -0.2) is 4.98 Å². The molecule has 1 saturated heterocycles. The Labute approximate surface area is 89.3 Å². The van der Waals surface area contributed by atoms with Crippen molar-refractivity contribution in [2.45, 2.75) is 25.4 Å². The second-order valence-electron chi connectivity index (χ2n) is 3.76. The van der Waals surface area contributed by atoms with E-state index < -0.39 is 0 Å². The summed E-state index contributed by atoms with van der Waals surface area (Å²) in [6.07, 6.45) is 6.41. The number of aromatic nitrogens is 2.